The Labute approximate surface area is 114 Å². The second-order valence-electron chi connectivity index (χ2n) is 4.58. The fraction of sp³-hybridized carbons (Fsp3) is 0.133. The van der Waals surface area contributed by atoms with Gasteiger partial charge in [-0.2, -0.15) is 0 Å². The fourth-order valence-corrected chi connectivity index (χ4v) is 2.80. The van der Waals surface area contributed by atoms with Gasteiger partial charge in [-0.25, -0.2) is 9.37 Å². The van der Waals surface area contributed by atoms with E-state index in [1.54, 1.807) is 30.4 Å². The van der Waals surface area contributed by atoms with E-state index in [2.05, 4.69) is 35.4 Å². The van der Waals surface area contributed by atoms with Gasteiger partial charge in [0, 0.05) is 5.69 Å². The van der Waals surface area contributed by atoms with Crippen LogP contribution in [-0.2, 0) is 0 Å². The van der Waals surface area contributed by atoms with Gasteiger partial charge < -0.3 is 5.32 Å². The monoisotopic (exact) mass is 272 g/mol. The summed E-state index contributed by atoms with van der Waals surface area (Å²) in [5, 5.41) is 4.05. The van der Waals surface area contributed by atoms with E-state index in [9.17, 15) is 4.39 Å². The number of fused-ring (bicyclic) bond motifs is 1. The Morgan fingerprint density at radius 1 is 1.11 bits per heavy atom. The highest BCUT2D eigenvalue weighted by Gasteiger charge is 2.05. The maximum absolute atomic E-state index is 13.2. The number of benzene rings is 2. The lowest BCUT2D eigenvalue weighted by molar-refractivity contribution is 0.619. The molecule has 2 nitrogen and oxygen atoms in total. The summed E-state index contributed by atoms with van der Waals surface area (Å²) >= 11 is 1.59. The van der Waals surface area contributed by atoms with Gasteiger partial charge in [0.05, 0.1) is 10.2 Å². The quantitative estimate of drug-likeness (QED) is 0.725. The van der Waals surface area contributed by atoms with Crippen LogP contribution < -0.4 is 5.32 Å². The molecule has 0 amide bonds. The molecule has 1 N–H and O–H groups in total. The van der Waals surface area contributed by atoms with Gasteiger partial charge in [0.25, 0.3) is 0 Å². The van der Waals surface area contributed by atoms with Crippen LogP contribution in [0, 0.1) is 19.7 Å². The van der Waals surface area contributed by atoms with Crippen molar-refractivity contribution in [3.05, 3.63) is 53.3 Å². The second kappa shape index (κ2) is 4.63. The van der Waals surface area contributed by atoms with Crippen LogP contribution >= 0.6 is 11.3 Å². The molecule has 2 aromatic carbocycles. The predicted molar refractivity (Wildman–Crippen MR) is 78.8 cm³/mol. The van der Waals surface area contributed by atoms with Crippen LogP contribution in [0.2, 0.25) is 0 Å². The Kier molecular flexibility index (Phi) is 2.95. The molecule has 3 aromatic rings. The number of aryl methyl sites for hydroxylation is 2. The molecule has 3 rings (SSSR count). The molecule has 1 heterocycles. The molecular formula is C15H13FN2S. The van der Waals surface area contributed by atoms with Gasteiger partial charge >= 0.3 is 0 Å². The zero-order valence-electron chi connectivity index (χ0n) is 10.7. The highest BCUT2D eigenvalue weighted by Crippen LogP contribution is 2.29. The summed E-state index contributed by atoms with van der Waals surface area (Å²) in [6.07, 6.45) is 0. The van der Waals surface area contributed by atoms with Gasteiger partial charge in [0.15, 0.2) is 5.13 Å². The third-order valence-corrected chi connectivity index (χ3v) is 3.90. The summed E-state index contributed by atoms with van der Waals surface area (Å²) in [7, 11) is 0. The van der Waals surface area contributed by atoms with Gasteiger partial charge in [-0.15, -0.1) is 0 Å². The summed E-state index contributed by atoms with van der Waals surface area (Å²) in [6.45, 7) is 3.80. The fourth-order valence-electron chi connectivity index (χ4n) is 1.94. The van der Waals surface area contributed by atoms with Crippen molar-refractivity contribution in [3.8, 4) is 0 Å². The van der Waals surface area contributed by atoms with E-state index in [0.717, 1.165) is 21.0 Å². The van der Waals surface area contributed by atoms with E-state index < -0.39 is 0 Å². The summed E-state index contributed by atoms with van der Waals surface area (Å²) in [5.74, 6) is -0.189. The SMILES string of the molecule is Cc1ccc2sc(Nc3ccc(F)c(C)c3)nc2c1. The van der Waals surface area contributed by atoms with Crippen LogP contribution in [0.5, 0.6) is 0 Å². The van der Waals surface area contributed by atoms with Gasteiger partial charge in [-0.3, -0.25) is 0 Å². The standard InChI is InChI=1S/C15H13FN2S/c1-9-3-6-14-13(7-9)18-15(19-14)17-11-4-5-12(16)10(2)8-11/h3-8H,1-2H3,(H,17,18). The van der Waals surface area contributed by atoms with Crippen molar-refractivity contribution >= 4 is 32.4 Å². The molecule has 0 aliphatic rings. The Balaban J connectivity index is 1.94. The smallest absolute Gasteiger partial charge is 0.188 e. The zero-order valence-corrected chi connectivity index (χ0v) is 11.5. The summed E-state index contributed by atoms with van der Waals surface area (Å²) < 4.78 is 14.4. The minimum absolute atomic E-state index is 0.189. The van der Waals surface area contributed by atoms with Crippen molar-refractivity contribution in [1.82, 2.24) is 4.98 Å². The van der Waals surface area contributed by atoms with Gasteiger partial charge in [0.2, 0.25) is 0 Å². The number of rotatable bonds is 2. The molecular weight excluding hydrogens is 259 g/mol. The summed E-state index contributed by atoms with van der Waals surface area (Å²) in [6, 6.07) is 11.2. The van der Waals surface area contributed by atoms with E-state index in [1.807, 2.05) is 0 Å². The molecule has 0 unspecified atom stereocenters. The number of nitrogens with zero attached hydrogens (tertiary/aromatic N) is 1. The zero-order chi connectivity index (χ0) is 13.4. The van der Waals surface area contributed by atoms with Crippen LogP contribution in [0.1, 0.15) is 11.1 Å². The first-order chi connectivity index (χ1) is 9.11. The van der Waals surface area contributed by atoms with Crippen molar-refractivity contribution in [1.29, 1.82) is 0 Å². The van der Waals surface area contributed by atoms with E-state index in [-0.39, 0.29) is 5.82 Å². The predicted octanol–water partition coefficient (Wildman–Crippen LogP) is 4.80. The molecule has 0 saturated carbocycles. The van der Waals surface area contributed by atoms with E-state index in [4.69, 9.17) is 0 Å². The Bertz CT molecular complexity index is 749. The van der Waals surface area contributed by atoms with Crippen LogP contribution in [-0.4, -0.2) is 4.98 Å². The first kappa shape index (κ1) is 12.1. The first-order valence-electron chi connectivity index (χ1n) is 6.02. The van der Waals surface area contributed by atoms with Crippen molar-refractivity contribution in [2.45, 2.75) is 13.8 Å². The molecule has 4 heteroatoms. The maximum atomic E-state index is 13.2. The molecule has 0 atom stereocenters. The van der Waals surface area contributed by atoms with Gasteiger partial charge in [0.1, 0.15) is 5.82 Å². The molecule has 0 radical (unpaired) electrons. The number of hydrogen-bond acceptors (Lipinski definition) is 3. The maximum Gasteiger partial charge on any atom is 0.188 e. The molecule has 0 aliphatic carbocycles. The number of thiazole rings is 1. The molecule has 96 valence electrons. The third-order valence-electron chi connectivity index (χ3n) is 2.95. The average molecular weight is 272 g/mol. The van der Waals surface area contributed by atoms with E-state index in [1.165, 1.54) is 11.6 Å². The van der Waals surface area contributed by atoms with Crippen molar-refractivity contribution in [2.24, 2.45) is 0 Å². The molecule has 19 heavy (non-hydrogen) atoms. The molecule has 0 spiro atoms. The normalized spacial score (nSPS) is 10.9. The minimum Gasteiger partial charge on any atom is -0.332 e. The number of aromatic nitrogens is 1. The third kappa shape index (κ3) is 2.44. The highest BCUT2D eigenvalue weighted by molar-refractivity contribution is 7.22. The average Bonchev–Trinajstić information content (AvgIpc) is 2.75. The topological polar surface area (TPSA) is 24.9 Å². The Hall–Kier alpha value is -1.94. The number of nitrogens with one attached hydrogen (secondary N) is 1. The minimum atomic E-state index is -0.189. The van der Waals surface area contributed by atoms with Crippen LogP contribution in [0.3, 0.4) is 0 Å². The second-order valence-corrected chi connectivity index (χ2v) is 5.61. The lowest BCUT2D eigenvalue weighted by Gasteiger charge is -2.03. The number of anilines is 2. The lowest BCUT2D eigenvalue weighted by Crippen LogP contribution is -1.91. The van der Waals surface area contributed by atoms with Crippen LogP contribution in [0.15, 0.2) is 36.4 Å². The van der Waals surface area contributed by atoms with Crippen LogP contribution in [0.25, 0.3) is 10.2 Å². The Morgan fingerprint density at radius 3 is 2.74 bits per heavy atom. The van der Waals surface area contributed by atoms with E-state index in [0.29, 0.717) is 5.56 Å². The van der Waals surface area contributed by atoms with E-state index >= 15 is 0 Å². The van der Waals surface area contributed by atoms with Crippen molar-refractivity contribution in [2.75, 3.05) is 5.32 Å². The van der Waals surface area contributed by atoms with Gasteiger partial charge in [-0.1, -0.05) is 17.4 Å². The molecule has 0 saturated heterocycles. The first-order valence-corrected chi connectivity index (χ1v) is 6.84. The van der Waals surface area contributed by atoms with Crippen molar-refractivity contribution < 1.29 is 4.39 Å². The number of halogens is 1. The summed E-state index contributed by atoms with van der Waals surface area (Å²) in [5.41, 5.74) is 3.67. The van der Waals surface area contributed by atoms with Gasteiger partial charge in [-0.05, 0) is 55.3 Å². The van der Waals surface area contributed by atoms with Crippen LogP contribution in [0.4, 0.5) is 15.2 Å². The largest absolute Gasteiger partial charge is 0.332 e. The molecule has 1 aromatic heterocycles. The summed E-state index contributed by atoms with van der Waals surface area (Å²) in [4.78, 5) is 4.53. The lowest BCUT2D eigenvalue weighted by atomic mass is 10.2. The molecule has 0 fully saturated rings. The molecule has 0 bridgehead atoms. The highest BCUT2D eigenvalue weighted by atomic mass is 32.1. The Morgan fingerprint density at radius 2 is 1.95 bits per heavy atom. The number of hydrogen-bond donors (Lipinski definition) is 1. The molecule has 0 aliphatic heterocycles. The van der Waals surface area contributed by atoms with Crippen molar-refractivity contribution in [3.63, 3.8) is 0 Å².